The van der Waals surface area contributed by atoms with Crippen molar-refractivity contribution in [1.29, 1.82) is 0 Å². The molecule has 0 aliphatic heterocycles. The summed E-state index contributed by atoms with van der Waals surface area (Å²) in [6.45, 7) is 3.76. The quantitative estimate of drug-likeness (QED) is 0.156. The SMILES string of the molecule is COc1cc2nc(SC(C)C(=O)Nc3ccc(C(C)=O)cc3)n(CCC3=CCCCC3)c(=O)c2cc1OC. The minimum Gasteiger partial charge on any atom is -0.493 e. The molecule has 38 heavy (non-hydrogen) atoms. The van der Waals surface area contributed by atoms with Gasteiger partial charge < -0.3 is 14.8 Å². The van der Waals surface area contributed by atoms with Crippen LogP contribution < -0.4 is 20.3 Å². The van der Waals surface area contributed by atoms with E-state index in [0.717, 1.165) is 19.3 Å². The van der Waals surface area contributed by atoms with Gasteiger partial charge in [-0.1, -0.05) is 23.4 Å². The second-order valence-electron chi connectivity index (χ2n) is 9.32. The summed E-state index contributed by atoms with van der Waals surface area (Å²) < 4.78 is 12.5. The van der Waals surface area contributed by atoms with E-state index in [2.05, 4.69) is 11.4 Å². The Morgan fingerprint density at radius 1 is 1.11 bits per heavy atom. The Bertz CT molecular complexity index is 1430. The van der Waals surface area contributed by atoms with Crippen LogP contribution in [-0.4, -0.2) is 40.7 Å². The van der Waals surface area contributed by atoms with Crippen molar-refractivity contribution in [2.24, 2.45) is 0 Å². The van der Waals surface area contributed by atoms with Crippen LogP contribution in [0.5, 0.6) is 11.5 Å². The molecule has 1 aliphatic carbocycles. The molecule has 1 aromatic heterocycles. The normalized spacial score (nSPS) is 14.1. The maximum absolute atomic E-state index is 13.7. The fourth-order valence-electron chi connectivity index (χ4n) is 4.45. The highest BCUT2D eigenvalue weighted by atomic mass is 32.2. The van der Waals surface area contributed by atoms with Gasteiger partial charge in [0.25, 0.3) is 5.56 Å². The maximum atomic E-state index is 13.7. The molecule has 200 valence electrons. The fourth-order valence-corrected chi connectivity index (χ4v) is 5.38. The second kappa shape index (κ2) is 12.3. The molecule has 0 spiro atoms. The van der Waals surface area contributed by atoms with Crippen molar-refractivity contribution >= 4 is 40.0 Å². The molecule has 1 unspecified atom stereocenters. The van der Waals surface area contributed by atoms with Gasteiger partial charge in [0, 0.05) is 23.9 Å². The smallest absolute Gasteiger partial charge is 0.262 e. The van der Waals surface area contributed by atoms with E-state index in [1.807, 2.05) is 0 Å². The molecule has 0 saturated heterocycles. The van der Waals surface area contributed by atoms with E-state index in [9.17, 15) is 14.4 Å². The highest BCUT2D eigenvalue weighted by molar-refractivity contribution is 8.00. The summed E-state index contributed by atoms with van der Waals surface area (Å²) in [6.07, 6.45) is 7.52. The van der Waals surface area contributed by atoms with Gasteiger partial charge in [-0.2, -0.15) is 0 Å². The molecule has 2 aromatic carbocycles. The van der Waals surface area contributed by atoms with Gasteiger partial charge in [0.05, 0.1) is 30.4 Å². The summed E-state index contributed by atoms with van der Waals surface area (Å²) >= 11 is 1.24. The molecule has 9 heteroatoms. The van der Waals surface area contributed by atoms with Crippen molar-refractivity contribution < 1.29 is 19.1 Å². The van der Waals surface area contributed by atoms with Crippen molar-refractivity contribution in [2.75, 3.05) is 19.5 Å². The van der Waals surface area contributed by atoms with Gasteiger partial charge >= 0.3 is 0 Å². The number of anilines is 1. The highest BCUT2D eigenvalue weighted by Crippen LogP contribution is 2.32. The summed E-state index contributed by atoms with van der Waals surface area (Å²) in [5.41, 5.74) is 2.83. The number of carbonyl (C=O) groups is 2. The zero-order valence-corrected chi connectivity index (χ0v) is 23.0. The number of Topliss-reactive ketones (excluding diaryl/α,β-unsaturated/α-hetero) is 1. The molecule has 8 nitrogen and oxygen atoms in total. The number of allylic oxidation sites excluding steroid dienone is 2. The molecular formula is C29H33N3O5S. The van der Waals surface area contributed by atoms with Crippen molar-refractivity contribution in [3.05, 3.63) is 64.0 Å². The lowest BCUT2D eigenvalue weighted by Crippen LogP contribution is -2.27. The number of hydrogen-bond donors (Lipinski definition) is 1. The van der Waals surface area contributed by atoms with E-state index < -0.39 is 5.25 Å². The first-order chi connectivity index (χ1) is 18.3. The topological polar surface area (TPSA) is 99.5 Å². The first-order valence-corrected chi connectivity index (χ1v) is 13.6. The number of thioether (sulfide) groups is 1. The number of nitrogens with one attached hydrogen (secondary N) is 1. The van der Waals surface area contributed by atoms with Crippen LogP contribution in [0.25, 0.3) is 10.9 Å². The van der Waals surface area contributed by atoms with Crippen molar-refractivity contribution in [3.63, 3.8) is 0 Å². The summed E-state index contributed by atoms with van der Waals surface area (Å²) in [5.74, 6) is 0.677. The third-order valence-corrected chi connectivity index (χ3v) is 7.77. The van der Waals surface area contributed by atoms with Crippen molar-refractivity contribution in [2.45, 2.75) is 62.9 Å². The van der Waals surface area contributed by atoms with Crippen LogP contribution in [0, 0.1) is 0 Å². The molecule has 0 fully saturated rings. The van der Waals surface area contributed by atoms with Crippen molar-refractivity contribution in [1.82, 2.24) is 9.55 Å². The number of ether oxygens (including phenoxy) is 2. The van der Waals surface area contributed by atoms with Crippen molar-refractivity contribution in [3.8, 4) is 11.5 Å². The molecule has 0 radical (unpaired) electrons. The van der Waals surface area contributed by atoms with E-state index in [0.29, 0.717) is 45.4 Å². The molecule has 1 heterocycles. The first kappa shape index (κ1) is 27.4. The third-order valence-electron chi connectivity index (χ3n) is 6.68. The predicted molar refractivity (Wildman–Crippen MR) is 151 cm³/mol. The largest absolute Gasteiger partial charge is 0.493 e. The number of nitrogens with zero attached hydrogens (tertiary/aromatic N) is 2. The lowest BCUT2D eigenvalue weighted by molar-refractivity contribution is -0.115. The van der Waals surface area contributed by atoms with Gasteiger partial charge in [0.15, 0.2) is 22.4 Å². The zero-order valence-electron chi connectivity index (χ0n) is 22.2. The first-order valence-electron chi connectivity index (χ1n) is 12.7. The Balaban J connectivity index is 1.64. The van der Waals surface area contributed by atoms with Gasteiger partial charge in [-0.3, -0.25) is 19.0 Å². The van der Waals surface area contributed by atoms with E-state index in [-0.39, 0.29) is 17.2 Å². The summed E-state index contributed by atoms with van der Waals surface area (Å²) in [4.78, 5) is 43.0. The summed E-state index contributed by atoms with van der Waals surface area (Å²) in [6, 6.07) is 10.1. The molecule has 1 amide bonds. The van der Waals surface area contributed by atoms with Gasteiger partial charge in [-0.25, -0.2) is 4.98 Å². The number of methoxy groups -OCH3 is 2. The number of ketones is 1. The minimum atomic E-state index is -0.535. The molecule has 1 aliphatic rings. The van der Waals surface area contributed by atoms with Gasteiger partial charge in [0.1, 0.15) is 0 Å². The summed E-state index contributed by atoms with van der Waals surface area (Å²) in [7, 11) is 3.07. The van der Waals surface area contributed by atoms with E-state index >= 15 is 0 Å². The molecule has 0 bridgehead atoms. The maximum Gasteiger partial charge on any atom is 0.262 e. The predicted octanol–water partition coefficient (Wildman–Crippen LogP) is 5.63. The van der Waals surface area contributed by atoms with Gasteiger partial charge in [-0.05, 0) is 76.3 Å². The van der Waals surface area contributed by atoms with E-state index in [1.54, 1.807) is 47.9 Å². The van der Waals surface area contributed by atoms with Crippen LogP contribution in [0.1, 0.15) is 56.3 Å². The third kappa shape index (κ3) is 6.27. The average Bonchev–Trinajstić information content (AvgIpc) is 2.93. The summed E-state index contributed by atoms with van der Waals surface area (Å²) in [5, 5.41) is 3.26. The number of carbonyl (C=O) groups excluding carboxylic acids is 2. The average molecular weight is 536 g/mol. The van der Waals surface area contributed by atoms with E-state index in [4.69, 9.17) is 14.5 Å². The zero-order chi connectivity index (χ0) is 27.2. The molecule has 3 aromatic rings. The van der Waals surface area contributed by atoms with Crippen LogP contribution in [-0.2, 0) is 11.3 Å². The fraction of sp³-hybridized carbons (Fsp3) is 0.379. The van der Waals surface area contributed by atoms with Crippen LogP contribution in [0.3, 0.4) is 0 Å². The molecular weight excluding hydrogens is 502 g/mol. The van der Waals surface area contributed by atoms with Crippen LogP contribution in [0.15, 0.2) is 58.0 Å². The number of fused-ring (bicyclic) bond motifs is 1. The van der Waals surface area contributed by atoms with E-state index in [1.165, 1.54) is 51.3 Å². The van der Waals surface area contributed by atoms with Gasteiger partial charge in [-0.15, -0.1) is 0 Å². The Kier molecular flexibility index (Phi) is 8.89. The lowest BCUT2D eigenvalue weighted by atomic mass is 9.97. The molecule has 0 saturated carbocycles. The number of hydrogen-bond acceptors (Lipinski definition) is 7. The van der Waals surface area contributed by atoms with Crippen LogP contribution >= 0.6 is 11.8 Å². The highest BCUT2D eigenvalue weighted by Gasteiger charge is 2.21. The molecule has 1 atom stereocenters. The lowest BCUT2D eigenvalue weighted by Gasteiger charge is -2.19. The number of aromatic nitrogens is 2. The number of rotatable bonds is 10. The van der Waals surface area contributed by atoms with Crippen LogP contribution in [0.4, 0.5) is 5.69 Å². The minimum absolute atomic E-state index is 0.0367. The Morgan fingerprint density at radius 2 is 1.82 bits per heavy atom. The second-order valence-corrected chi connectivity index (χ2v) is 10.6. The number of amides is 1. The van der Waals surface area contributed by atoms with Crippen LogP contribution in [0.2, 0.25) is 0 Å². The standard InChI is InChI=1S/C29H33N3O5S/c1-18(33)21-10-12-22(13-11-21)30-27(34)19(2)38-29-31-24-17-26(37-4)25(36-3)16-23(24)28(35)32(29)15-14-20-8-6-5-7-9-20/h8,10-13,16-17,19H,5-7,9,14-15H2,1-4H3,(H,30,34). The molecule has 1 N–H and O–H groups in total. The van der Waals surface area contributed by atoms with Gasteiger partial charge in [0.2, 0.25) is 5.91 Å². The Hall–Kier alpha value is -3.59. The Morgan fingerprint density at radius 3 is 2.45 bits per heavy atom. The number of benzene rings is 2. The Labute approximate surface area is 226 Å². The molecule has 4 rings (SSSR count). The monoisotopic (exact) mass is 535 g/mol.